The predicted molar refractivity (Wildman–Crippen MR) is 75.7 cm³/mol. The molecular weight excluding hydrogens is 292 g/mol. The summed E-state index contributed by atoms with van der Waals surface area (Å²) >= 11 is 3.44. The zero-order valence-corrected chi connectivity index (χ0v) is 11.6. The van der Waals surface area contributed by atoms with Crippen LogP contribution >= 0.6 is 15.9 Å². The molecule has 18 heavy (non-hydrogen) atoms. The molecule has 0 saturated heterocycles. The van der Waals surface area contributed by atoms with E-state index in [0.29, 0.717) is 13.0 Å². The van der Waals surface area contributed by atoms with Gasteiger partial charge in [-0.1, -0.05) is 40.2 Å². The van der Waals surface area contributed by atoms with Crippen LogP contribution in [0.1, 0.15) is 11.1 Å². The second kappa shape index (κ2) is 6.57. The van der Waals surface area contributed by atoms with Crippen molar-refractivity contribution in [2.45, 2.75) is 13.0 Å². The lowest BCUT2D eigenvalue weighted by atomic mass is 10.1. The van der Waals surface area contributed by atoms with Gasteiger partial charge in [0.1, 0.15) is 12.4 Å². The van der Waals surface area contributed by atoms with Crippen LogP contribution in [-0.2, 0) is 13.0 Å². The Labute approximate surface area is 115 Å². The molecule has 0 amide bonds. The number of aliphatic hydroxyl groups is 1. The smallest absolute Gasteiger partial charge is 0.119 e. The first-order valence-electron chi connectivity index (χ1n) is 5.85. The molecule has 0 radical (unpaired) electrons. The van der Waals surface area contributed by atoms with E-state index in [4.69, 9.17) is 9.84 Å². The number of aliphatic hydroxyl groups excluding tert-OH is 1. The molecule has 0 aliphatic carbocycles. The van der Waals surface area contributed by atoms with Crippen LogP contribution < -0.4 is 4.74 Å². The summed E-state index contributed by atoms with van der Waals surface area (Å²) in [6.45, 7) is 0.733. The van der Waals surface area contributed by atoms with Crippen molar-refractivity contribution in [3.05, 3.63) is 64.1 Å². The van der Waals surface area contributed by atoms with Crippen molar-refractivity contribution in [1.82, 2.24) is 0 Å². The lowest BCUT2D eigenvalue weighted by Gasteiger charge is -2.07. The second-order valence-electron chi connectivity index (χ2n) is 4.04. The maximum Gasteiger partial charge on any atom is 0.119 e. The maximum absolute atomic E-state index is 8.83. The fourth-order valence-electron chi connectivity index (χ4n) is 1.67. The van der Waals surface area contributed by atoms with Crippen LogP contribution in [-0.4, -0.2) is 11.7 Å². The van der Waals surface area contributed by atoms with E-state index in [2.05, 4.69) is 15.9 Å². The van der Waals surface area contributed by atoms with E-state index in [1.807, 2.05) is 48.5 Å². The van der Waals surface area contributed by atoms with E-state index in [-0.39, 0.29) is 6.61 Å². The minimum Gasteiger partial charge on any atom is -0.489 e. The van der Waals surface area contributed by atoms with Gasteiger partial charge in [-0.25, -0.2) is 0 Å². The van der Waals surface area contributed by atoms with Crippen molar-refractivity contribution in [2.75, 3.05) is 6.61 Å². The van der Waals surface area contributed by atoms with Gasteiger partial charge in [0.25, 0.3) is 0 Å². The van der Waals surface area contributed by atoms with Crippen molar-refractivity contribution >= 4 is 15.9 Å². The Bertz CT molecular complexity index is 494. The Morgan fingerprint density at radius 3 is 2.44 bits per heavy atom. The summed E-state index contributed by atoms with van der Waals surface area (Å²) in [7, 11) is 0. The monoisotopic (exact) mass is 306 g/mol. The standard InChI is InChI=1S/C15H15BrO2/c16-14-3-1-2-13(10-14)11-18-15-6-4-12(5-7-15)8-9-17/h1-7,10,17H,8-9,11H2. The predicted octanol–water partition coefficient (Wildman–Crippen LogP) is 3.56. The fourth-order valence-corrected chi connectivity index (χ4v) is 2.12. The van der Waals surface area contributed by atoms with E-state index in [9.17, 15) is 0 Å². The Balaban J connectivity index is 1.93. The quantitative estimate of drug-likeness (QED) is 0.915. The first-order chi connectivity index (χ1) is 8.78. The highest BCUT2D eigenvalue weighted by molar-refractivity contribution is 9.10. The molecule has 0 spiro atoms. The fraction of sp³-hybridized carbons (Fsp3) is 0.200. The minimum absolute atomic E-state index is 0.179. The van der Waals surface area contributed by atoms with Gasteiger partial charge in [0.2, 0.25) is 0 Å². The molecule has 2 aromatic rings. The Hall–Kier alpha value is -1.32. The second-order valence-corrected chi connectivity index (χ2v) is 4.95. The first kappa shape index (κ1) is 13.1. The van der Waals surface area contributed by atoms with Gasteiger partial charge in [-0.2, -0.15) is 0 Å². The molecule has 3 heteroatoms. The van der Waals surface area contributed by atoms with Crippen molar-refractivity contribution in [3.8, 4) is 5.75 Å². The molecule has 0 aliphatic rings. The van der Waals surface area contributed by atoms with Gasteiger partial charge in [-0.05, 0) is 41.8 Å². The first-order valence-corrected chi connectivity index (χ1v) is 6.64. The Morgan fingerprint density at radius 1 is 1.00 bits per heavy atom. The van der Waals surface area contributed by atoms with Gasteiger partial charge in [0, 0.05) is 11.1 Å². The average Bonchev–Trinajstić information content (AvgIpc) is 2.38. The molecule has 2 rings (SSSR count). The Kier molecular flexibility index (Phi) is 4.79. The molecule has 0 fully saturated rings. The van der Waals surface area contributed by atoms with Crippen molar-refractivity contribution in [2.24, 2.45) is 0 Å². The van der Waals surface area contributed by atoms with Gasteiger partial charge in [0.05, 0.1) is 0 Å². The molecule has 0 saturated carbocycles. The number of benzene rings is 2. The van der Waals surface area contributed by atoms with E-state index in [1.165, 1.54) is 0 Å². The molecule has 2 nitrogen and oxygen atoms in total. The summed E-state index contributed by atoms with van der Waals surface area (Å²) in [6, 6.07) is 15.9. The van der Waals surface area contributed by atoms with Crippen LogP contribution in [0, 0.1) is 0 Å². The Morgan fingerprint density at radius 2 is 1.78 bits per heavy atom. The topological polar surface area (TPSA) is 29.5 Å². The summed E-state index contributed by atoms with van der Waals surface area (Å²) < 4.78 is 6.75. The minimum atomic E-state index is 0.179. The van der Waals surface area contributed by atoms with E-state index >= 15 is 0 Å². The molecule has 0 unspecified atom stereocenters. The van der Waals surface area contributed by atoms with Crippen molar-refractivity contribution in [3.63, 3.8) is 0 Å². The third-order valence-electron chi connectivity index (χ3n) is 2.62. The SMILES string of the molecule is OCCc1ccc(OCc2cccc(Br)c2)cc1. The zero-order chi connectivity index (χ0) is 12.8. The van der Waals surface area contributed by atoms with Gasteiger partial charge in [0.15, 0.2) is 0 Å². The van der Waals surface area contributed by atoms with Gasteiger partial charge in [-0.15, -0.1) is 0 Å². The molecule has 1 N–H and O–H groups in total. The number of ether oxygens (including phenoxy) is 1. The van der Waals surface area contributed by atoms with Crippen LogP contribution in [0.4, 0.5) is 0 Å². The van der Waals surface area contributed by atoms with E-state index < -0.39 is 0 Å². The highest BCUT2D eigenvalue weighted by Crippen LogP contribution is 2.16. The van der Waals surface area contributed by atoms with Gasteiger partial charge in [-0.3, -0.25) is 0 Å². The van der Waals surface area contributed by atoms with E-state index in [1.54, 1.807) is 0 Å². The van der Waals surface area contributed by atoms with Crippen molar-refractivity contribution < 1.29 is 9.84 Å². The van der Waals surface area contributed by atoms with Crippen LogP contribution in [0.2, 0.25) is 0 Å². The molecular formula is C15H15BrO2. The van der Waals surface area contributed by atoms with Crippen LogP contribution in [0.15, 0.2) is 53.0 Å². The summed E-state index contributed by atoms with van der Waals surface area (Å²) in [5, 5.41) is 8.83. The molecule has 94 valence electrons. The zero-order valence-electron chi connectivity index (χ0n) is 9.97. The average molecular weight is 307 g/mol. The summed E-state index contributed by atoms with van der Waals surface area (Å²) in [5.74, 6) is 0.844. The molecule has 0 aromatic heterocycles. The summed E-state index contributed by atoms with van der Waals surface area (Å²) in [5.41, 5.74) is 2.25. The molecule has 0 aliphatic heterocycles. The van der Waals surface area contributed by atoms with Crippen LogP contribution in [0.5, 0.6) is 5.75 Å². The maximum atomic E-state index is 8.83. The van der Waals surface area contributed by atoms with Crippen LogP contribution in [0.3, 0.4) is 0 Å². The largest absolute Gasteiger partial charge is 0.489 e. The van der Waals surface area contributed by atoms with E-state index in [0.717, 1.165) is 21.3 Å². The third-order valence-corrected chi connectivity index (χ3v) is 3.11. The highest BCUT2D eigenvalue weighted by atomic mass is 79.9. The molecule has 0 atom stereocenters. The lowest BCUT2D eigenvalue weighted by Crippen LogP contribution is -1.96. The number of hydrogen-bond acceptors (Lipinski definition) is 2. The summed E-state index contributed by atoms with van der Waals surface area (Å²) in [6.07, 6.45) is 0.686. The number of halogens is 1. The van der Waals surface area contributed by atoms with Crippen LogP contribution in [0.25, 0.3) is 0 Å². The summed E-state index contributed by atoms with van der Waals surface area (Å²) in [4.78, 5) is 0. The number of hydrogen-bond donors (Lipinski definition) is 1. The molecule has 0 bridgehead atoms. The normalized spacial score (nSPS) is 10.3. The lowest BCUT2D eigenvalue weighted by molar-refractivity contribution is 0.298. The molecule has 2 aromatic carbocycles. The molecule has 0 heterocycles. The number of rotatable bonds is 5. The van der Waals surface area contributed by atoms with Gasteiger partial charge >= 0.3 is 0 Å². The van der Waals surface area contributed by atoms with Gasteiger partial charge < -0.3 is 9.84 Å². The third kappa shape index (κ3) is 3.86. The van der Waals surface area contributed by atoms with Crippen molar-refractivity contribution in [1.29, 1.82) is 0 Å². The highest BCUT2D eigenvalue weighted by Gasteiger charge is 1.98.